The predicted molar refractivity (Wildman–Crippen MR) is 228 cm³/mol. The maximum atomic E-state index is 5.92. The van der Waals surface area contributed by atoms with E-state index >= 15 is 0 Å². The molecule has 0 amide bonds. The Morgan fingerprint density at radius 2 is 0.837 bits per heavy atom. The molecule has 4 aromatic rings. The van der Waals surface area contributed by atoms with Crippen molar-refractivity contribution < 1.29 is 58.9 Å². The molecule has 0 aromatic heterocycles. The van der Waals surface area contributed by atoms with Crippen LogP contribution in [-0.4, -0.2) is 56.8 Å². The van der Waals surface area contributed by atoms with Gasteiger partial charge in [0.1, 0.15) is 0 Å². The molecule has 0 N–H and O–H groups in total. The van der Waals surface area contributed by atoms with Gasteiger partial charge in [-0.1, -0.05) is 183 Å². The molecule has 0 unspecified atom stereocenters. The largest absolute Gasteiger partial charge is 2.00 e. The van der Waals surface area contributed by atoms with Gasteiger partial charge in [-0.15, -0.1) is 7.04 Å². The molecule has 10 heteroatoms. The molecule has 4 aromatic carbocycles. The summed E-state index contributed by atoms with van der Waals surface area (Å²) in [5.74, 6) is 0. The van der Waals surface area contributed by atoms with Crippen LogP contribution in [0, 0.1) is 49.4 Å². The minimum Gasteiger partial charge on any atom is -0.631 e. The Morgan fingerprint density at radius 3 is 1.08 bits per heavy atom. The van der Waals surface area contributed by atoms with E-state index in [1.165, 1.54) is 46.9 Å². The molecular weight excluding hydrogens is 809 g/mol. The molecule has 2 heterocycles. The summed E-state index contributed by atoms with van der Waals surface area (Å²) in [6.07, 6.45) is 5.11. The minimum atomic E-state index is -2.32. The molecule has 49 heavy (non-hydrogen) atoms. The molecule has 265 valence electrons. The van der Waals surface area contributed by atoms with E-state index in [1.807, 2.05) is 0 Å². The van der Waals surface area contributed by atoms with Crippen molar-refractivity contribution >= 4 is 65.7 Å². The van der Waals surface area contributed by atoms with E-state index in [0.29, 0.717) is 0 Å². The first kappa shape index (κ1) is 44.5. The summed E-state index contributed by atoms with van der Waals surface area (Å²) in [6, 6.07) is 44.1. The van der Waals surface area contributed by atoms with Gasteiger partial charge in [0, 0.05) is 33.5 Å². The monoisotopic (exact) mass is 869 g/mol. The summed E-state index contributed by atoms with van der Waals surface area (Å²) >= 11 is 0. The van der Waals surface area contributed by atoms with Gasteiger partial charge in [-0.2, -0.15) is 0 Å². The van der Waals surface area contributed by atoms with E-state index in [-0.39, 0.29) is 57.8 Å². The smallest absolute Gasteiger partial charge is 0.631 e. The van der Waals surface area contributed by atoms with E-state index in [4.69, 9.17) is 18.6 Å². The van der Waals surface area contributed by atoms with Crippen LogP contribution in [0.3, 0.4) is 0 Å². The molecule has 6 rings (SSSR count). The van der Waals surface area contributed by atoms with Gasteiger partial charge in [-0.25, -0.2) is 0 Å². The molecule has 2 aliphatic rings. The van der Waals surface area contributed by atoms with Crippen LogP contribution in [-0.2, 0) is 9.47 Å². The molecule has 2 saturated heterocycles. The van der Waals surface area contributed by atoms with Crippen molar-refractivity contribution in [1.82, 2.24) is 0 Å². The van der Waals surface area contributed by atoms with Crippen LogP contribution in [0.5, 0.6) is 0 Å². The van der Waals surface area contributed by atoms with Gasteiger partial charge in [0.25, 0.3) is 0 Å². The molecule has 4 nitrogen and oxygen atoms in total. The molecule has 0 bridgehead atoms. The van der Waals surface area contributed by atoms with Crippen LogP contribution in [0.25, 0.3) is 4.75 Å². The average Bonchev–Trinajstić information content (AvgIpc) is 3.85. The minimum absolute atomic E-state index is 0. The SMILES string of the molecule is C1CCOC1.C1CCOC1.C[Si](C)(C)N=P(C=P([N-][Si](C)(C)C)(c1ccccc1)c1ccccc1)(c1ccccc1)c1ccccc1.[BH4-].[Eu+2]. The number of nitrogens with zero attached hydrogens (tertiary/aromatic N) is 2. The normalized spacial score (nSPS) is 14.5. The van der Waals surface area contributed by atoms with E-state index in [9.17, 15) is 0 Å². The Morgan fingerprint density at radius 1 is 0.531 bits per heavy atom. The number of rotatable bonds is 8. The zero-order valence-electron chi connectivity index (χ0n) is 29.8. The summed E-state index contributed by atoms with van der Waals surface area (Å²) < 4.78 is 21.7. The molecule has 2 fully saturated rings. The number of benzene rings is 4. The van der Waals surface area contributed by atoms with Crippen molar-refractivity contribution in [2.45, 2.75) is 65.0 Å². The standard InChI is InChI=1S/C31H39N2P2Si2.2C4H8O.BH4.Eu/c1-36(2,3)32-34(28-19-11-7-12-20-28,29-21-13-8-14-22-29)27-35(33-37(4,5)6,30-23-15-9-16-24-30)31-25-17-10-18-26-31;2*1-2-4-5-3-1;;/h7-27H,1-6H3;2*1-4H2;1H4;/q-1;;;-1;+2. The van der Waals surface area contributed by atoms with Gasteiger partial charge in [0.2, 0.25) is 0 Å². The summed E-state index contributed by atoms with van der Waals surface area (Å²) in [4.78, 5) is 0. The van der Waals surface area contributed by atoms with E-state index in [0.717, 1.165) is 26.4 Å². The summed E-state index contributed by atoms with van der Waals surface area (Å²) in [5, 5.41) is 5.24. The predicted octanol–water partition coefficient (Wildman–Crippen LogP) is 8.37. The second-order valence-electron chi connectivity index (χ2n) is 14.0. The summed E-state index contributed by atoms with van der Waals surface area (Å²) in [7, 11) is -8.42. The fourth-order valence-electron chi connectivity index (χ4n) is 5.68. The van der Waals surface area contributed by atoms with Gasteiger partial charge in [0.15, 0.2) is 8.24 Å². The third kappa shape index (κ3) is 14.0. The fourth-order valence-corrected chi connectivity index (χ4v) is 23.6. The maximum absolute atomic E-state index is 5.92. The molecule has 0 atom stereocenters. The number of hydrogen-bond donors (Lipinski definition) is 0. The van der Waals surface area contributed by atoms with Crippen LogP contribution < -0.4 is 21.2 Å². The first-order chi connectivity index (χ1) is 22.5. The Kier molecular flexibility index (Phi) is 19.8. The van der Waals surface area contributed by atoms with Crippen molar-refractivity contribution in [3.63, 3.8) is 0 Å². The van der Waals surface area contributed by atoms with Crippen LogP contribution in [0.4, 0.5) is 0 Å². The number of ether oxygens (including phenoxy) is 2. The summed E-state index contributed by atoms with van der Waals surface area (Å²) in [5.41, 5.74) is 2.69. The third-order valence-corrected chi connectivity index (χ3v) is 21.8. The van der Waals surface area contributed by atoms with Crippen molar-refractivity contribution in [2.24, 2.45) is 4.41 Å². The van der Waals surface area contributed by atoms with E-state index in [1.54, 1.807) is 0 Å². The molecular formula is C39H59BEuN2O2P2Si2. The summed E-state index contributed by atoms with van der Waals surface area (Å²) in [6.45, 7) is 18.2. The fraction of sp³-hybridized carbons (Fsp3) is 0.359. The third-order valence-electron chi connectivity index (χ3n) is 7.50. The molecule has 1 radical (unpaired) electrons. The number of hydrogen-bond acceptors (Lipinski definition) is 3. The van der Waals surface area contributed by atoms with Crippen LogP contribution in [0.1, 0.15) is 25.7 Å². The zero-order chi connectivity index (χ0) is 33.6. The second kappa shape index (κ2) is 21.8. The van der Waals surface area contributed by atoms with Crippen LogP contribution in [0.2, 0.25) is 39.3 Å². The maximum Gasteiger partial charge on any atom is 2.00 e. The van der Waals surface area contributed by atoms with Crippen molar-refractivity contribution in [1.29, 1.82) is 0 Å². The van der Waals surface area contributed by atoms with E-state index < -0.39 is 30.6 Å². The van der Waals surface area contributed by atoms with Gasteiger partial charge >= 0.3 is 49.4 Å². The topological polar surface area (TPSA) is 44.9 Å². The average molecular weight is 869 g/mol. The zero-order valence-corrected chi connectivity index (χ0v) is 36.0. The molecule has 0 spiro atoms. The van der Waals surface area contributed by atoms with Crippen molar-refractivity contribution in [3.05, 3.63) is 126 Å². The molecule has 0 aliphatic carbocycles. The van der Waals surface area contributed by atoms with Gasteiger partial charge in [-0.3, -0.25) is 0 Å². The second-order valence-corrected chi connectivity index (χ2v) is 30.0. The molecule has 0 saturated carbocycles. The Bertz CT molecular complexity index is 1480. The Labute approximate surface area is 343 Å². The van der Waals surface area contributed by atoms with E-state index in [2.05, 4.69) is 166 Å². The quantitative estimate of drug-likeness (QED) is 0.132. The Hall–Kier alpha value is -0.627. The van der Waals surface area contributed by atoms with Gasteiger partial charge < -0.3 is 18.6 Å². The van der Waals surface area contributed by atoms with Crippen LogP contribution >= 0.6 is 14.1 Å². The van der Waals surface area contributed by atoms with Gasteiger partial charge in [0.05, 0.1) is 0 Å². The first-order valence-electron chi connectivity index (χ1n) is 17.1. The Balaban J connectivity index is 0.000000593. The molecule has 2 aliphatic heterocycles. The van der Waals surface area contributed by atoms with Crippen molar-refractivity contribution in [3.8, 4) is 0 Å². The van der Waals surface area contributed by atoms with Gasteiger partial charge in [-0.05, 0) is 46.9 Å². The first-order valence-corrected chi connectivity index (χ1v) is 27.6. The van der Waals surface area contributed by atoms with Crippen molar-refractivity contribution in [2.75, 3.05) is 26.4 Å². The van der Waals surface area contributed by atoms with Crippen LogP contribution in [0.15, 0.2) is 126 Å².